The van der Waals surface area contributed by atoms with Crippen molar-refractivity contribution in [3.8, 4) is 0 Å². The van der Waals surface area contributed by atoms with Crippen molar-refractivity contribution in [2.24, 2.45) is 5.11 Å². The topological polar surface area (TPSA) is 48.2 Å². The molecule has 0 amide bonds. The third-order valence-corrected chi connectivity index (χ3v) is 1.93. The summed E-state index contributed by atoms with van der Waals surface area (Å²) in [4.78, 5) is 0. The van der Waals surface area contributed by atoms with E-state index in [1.807, 2.05) is 36.6 Å². The van der Waals surface area contributed by atoms with E-state index in [0.717, 1.165) is 11.1 Å². The van der Waals surface area contributed by atoms with Crippen molar-refractivity contribution < 1.29 is 0 Å². The summed E-state index contributed by atoms with van der Waals surface area (Å²) >= 11 is 0. The van der Waals surface area contributed by atoms with Crippen molar-refractivity contribution >= 4 is 0 Å². The molecule has 2 rings (SSSR count). The molecule has 13 heavy (non-hydrogen) atoms. The first-order chi connectivity index (χ1) is 6.42. The van der Waals surface area contributed by atoms with E-state index in [-0.39, 0.29) is 0 Å². The molecule has 1 heterocycles. The zero-order valence-electron chi connectivity index (χ0n) is 6.99. The van der Waals surface area contributed by atoms with E-state index < -0.39 is 0 Å². The van der Waals surface area contributed by atoms with Crippen LogP contribution in [0, 0.1) is 5.53 Å². The van der Waals surface area contributed by atoms with Gasteiger partial charge in [0.2, 0.25) is 0 Å². The highest BCUT2D eigenvalue weighted by molar-refractivity contribution is 5.56. The number of hydrogen-bond acceptors (Lipinski definition) is 3. The molecule has 2 aliphatic rings. The molecular weight excluding hydrogens is 162 g/mol. The van der Waals surface area contributed by atoms with Crippen LogP contribution in [0.3, 0.4) is 0 Å². The van der Waals surface area contributed by atoms with Crippen LogP contribution in [0.4, 0.5) is 0 Å². The molecule has 1 aliphatic carbocycles. The molecule has 3 nitrogen and oxygen atoms in total. The number of nitrogens with one attached hydrogen (secondary N) is 2. The number of nitrogens with zero attached hydrogens (tertiary/aromatic N) is 1. The normalized spacial score (nSPS) is 18.9. The van der Waals surface area contributed by atoms with Crippen LogP contribution in [-0.4, -0.2) is 0 Å². The number of allylic oxidation sites excluding steroid dienone is 6. The minimum atomic E-state index is 0.661. The number of rotatable bonds is 1. The lowest BCUT2D eigenvalue weighted by Crippen LogP contribution is -2.06. The van der Waals surface area contributed by atoms with Gasteiger partial charge in [0.25, 0.3) is 0 Å². The van der Waals surface area contributed by atoms with E-state index >= 15 is 0 Å². The highest BCUT2D eigenvalue weighted by atomic mass is 15.0. The molecule has 0 saturated carbocycles. The van der Waals surface area contributed by atoms with Crippen LogP contribution < -0.4 is 5.32 Å². The first-order valence-corrected chi connectivity index (χ1v) is 4.01. The molecule has 0 atom stereocenters. The summed E-state index contributed by atoms with van der Waals surface area (Å²) < 4.78 is 0. The van der Waals surface area contributed by atoms with Crippen LogP contribution in [-0.2, 0) is 0 Å². The highest BCUT2D eigenvalue weighted by Gasteiger charge is 2.11. The van der Waals surface area contributed by atoms with Crippen LogP contribution in [0.25, 0.3) is 0 Å². The lowest BCUT2D eigenvalue weighted by atomic mass is 10.0. The van der Waals surface area contributed by atoms with Gasteiger partial charge in [-0.2, -0.15) is 5.11 Å². The fourth-order valence-corrected chi connectivity index (χ4v) is 1.30. The second-order valence-corrected chi connectivity index (χ2v) is 2.73. The molecule has 0 bridgehead atoms. The lowest BCUT2D eigenvalue weighted by Gasteiger charge is -2.12. The summed E-state index contributed by atoms with van der Waals surface area (Å²) in [6.45, 7) is 0. The number of fused-ring (bicyclic) bond motifs is 1. The smallest absolute Gasteiger partial charge is 0.109 e. The molecule has 0 unspecified atom stereocenters. The molecule has 0 radical (unpaired) electrons. The maximum atomic E-state index is 6.99. The van der Waals surface area contributed by atoms with Crippen molar-refractivity contribution in [3.63, 3.8) is 0 Å². The van der Waals surface area contributed by atoms with Gasteiger partial charge in [-0.05, 0) is 5.57 Å². The zero-order valence-corrected chi connectivity index (χ0v) is 6.99. The Hall–Kier alpha value is -1.90. The highest BCUT2D eigenvalue weighted by Crippen LogP contribution is 2.25. The Bertz CT molecular complexity index is 381. The van der Waals surface area contributed by atoms with Crippen LogP contribution in [0.1, 0.15) is 0 Å². The quantitative estimate of drug-likeness (QED) is 0.585. The minimum absolute atomic E-state index is 0.661. The van der Waals surface area contributed by atoms with E-state index in [1.54, 1.807) is 6.20 Å². The molecule has 0 spiro atoms. The molecule has 0 aromatic heterocycles. The van der Waals surface area contributed by atoms with Crippen LogP contribution in [0.5, 0.6) is 0 Å². The van der Waals surface area contributed by atoms with E-state index in [4.69, 9.17) is 5.53 Å². The van der Waals surface area contributed by atoms with Gasteiger partial charge in [0.05, 0.1) is 0 Å². The second kappa shape index (κ2) is 3.23. The fourth-order valence-electron chi connectivity index (χ4n) is 1.30. The van der Waals surface area contributed by atoms with E-state index in [1.165, 1.54) is 0 Å². The summed E-state index contributed by atoms with van der Waals surface area (Å²) in [6, 6.07) is 0. The molecule has 0 saturated heterocycles. The van der Waals surface area contributed by atoms with Gasteiger partial charge in [-0.3, -0.25) is 0 Å². The Kier molecular flexibility index (Phi) is 1.92. The Morgan fingerprint density at radius 3 is 2.92 bits per heavy atom. The van der Waals surface area contributed by atoms with E-state index in [9.17, 15) is 0 Å². The molecule has 3 heteroatoms. The molecule has 1 aliphatic heterocycles. The zero-order chi connectivity index (χ0) is 9.10. The molecule has 0 fully saturated rings. The van der Waals surface area contributed by atoms with E-state index in [0.29, 0.717) is 5.70 Å². The maximum Gasteiger partial charge on any atom is 0.109 e. The first kappa shape index (κ1) is 7.73. The SMILES string of the molecule is N=NC1=CNC=C2C=CC=CC=C21. The third kappa shape index (κ3) is 1.36. The minimum Gasteiger partial charge on any atom is -0.365 e. The maximum absolute atomic E-state index is 6.99. The van der Waals surface area contributed by atoms with Crippen molar-refractivity contribution in [1.82, 2.24) is 5.32 Å². The van der Waals surface area contributed by atoms with Gasteiger partial charge in [0.15, 0.2) is 0 Å². The van der Waals surface area contributed by atoms with Crippen molar-refractivity contribution in [2.75, 3.05) is 0 Å². The predicted molar refractivity (Wildman–Crippen MR) is 50.8 cm³/mol. The van der Waals surface area contributed by atoms with Gasteiger partial charge in [-0.15, -0.1) is 0 Å². The summed E-state index contributed by atoms with van der Waals surface area (Å²) in [5.74, 6) is 0. The van der Waals surface area contributed by atoms with Crippen LogP contribution >= 0.6 is 0 Å². The molecule has 0 aromatic rings. The number of dihydropyridines is 1. The fraction of sp³-hybridized carbons (Fsp3) is 0. The largest absolute Gasteiger partial charge is 0.365 e. The molecule has 64 valence electrons. The first-order valence-electron chi connectivity index (χ1n) is 4.01. The third-order valence-electron chi connectivity index (χ3n) is 1.93. The Morgan fingerprint density at radius 1 is 1.15 bits per heavy atom. The van der Waals surface area contributed by atoms with E-state index in [2.05, 4.69) is 10.4 Å². The average Bonchev–Trinajstić information content (AvgIpc) is 2.41. The van der Waals surface area contributed by atoms with Crippen LogP contribution in [0.15, 0.2) is 64.7 Å². The van der Waals surface area contributed by atoms with Crippen molar-refractivity contribution in [3.05, 3.63) is 59.6 Å². The van der Waals surface area contributed by atoms with Gasteiger partial charge in [-0.1, -0.05) is 30.4 Å². The second-order valence-electron chi connectivity index (χ2n) is 2.73. The lowest BCUT2D eigenvalue weighted by molar-refractivity contribution is 1.00. The Labute approximate surface area is 76.4 Å². The monoisotopic (exact) mass is 171 g/mol. The Morgan fingerprint density at radius 2 is 2.08 bits per heavy atom. The summed E-state index contributed by atoms with van der Waals surface area (Å²) in [5.41, 5.74) is 9.69. The van der Waals surface area contributed by atoms with Gasteiger partial charge in [0.1, 0.15) is 5.70 Å². The van der Waals surface area contributed by atoms with Gasteiger partial charge >= 0.3 is 0 Å². The standard InChI is InChI=1S/C10H9N3/c11-13-10-7-12-6-8-4-2-1-3-5-9(8)10/h1-7,11-12H. The summed E-state index contributed by atoms with van der Waals surface area (Å²) in [7, 11) is 0. The average molecular weight is 171 g/mol. The van der Waals surface area contributed by atoms with Gasteiger partial charge < -0.3 is 5.32 Å². The molecular formula is C10H9N3. The summed E-state index contributed by atoms with van der Waals surface area (Å²) in [6.07, 6.45) is 13.4. The molecule has 0 aromatic carbocycles. The molecule has 2 N–H and O–H groups in total. The van der Waals surface area contributed by atoms with Crippen molar-refractivity contribution in [1.29, 1.82) is 5.53 Å². The Balaban J connectivity index is 2.47. The van der Waals surface area contributed by atoms with Crippen LogP contribution in [0.2, 0.25) is 0 Å². The number of hydrogen-bond donors (Lipinski definition) is 2. The summed E-state index contributed by atoms with van der Waals surface area (Å²) in [5, 5.41) is 6.40. The van der Waals surface area contributed by atoms with Crippen molar-refractivity contribution in [2.45, 2.75) is 0 Å². The predicted octanol–water partition coefficient (Wildman–Crippen LogP) is 2.40. The van der Waals surface area contributed by atoms with Gasteiger partial charge in [0, 0.05) is 18.0 Å². The van der Waals surface area contributed by atoms with Gasteiger partial charge in [-0.25, -0.2) is 5.53 Å².